The molecule has 0 saturated heterocycles. The van der Waals surface area contributed by atoms with E-state index in [4.69, 9.17) is 6.65 Å². The average molecular weight is 227 g/mol. The summed E-state index contributed by atoms with van der Waals surface area (Å²) in [7, 11) is 0. The predicted molar refractivity (Wildman–Crippen MR) is 2.49 cm³/mol. The molecule has 0 amide bonds. The van der Waals surface area contributed by atoms with Gasteiger partial charge >= 0.3 is 44.6 Å². The molecule has 0 rings (SSSR count). The fourth-order valence-electron chi connectivity index (χ4n) is 0. The van der Waals surface area contributed by atoms with Gasteiger partial charge in [0.05, 0.1) is 0 Å². The van der Waals surface area contributed by atoms with E-state index in [0.29, 0.717) is 0 Å². The summed E-state index contributed by atoms with van der Waals surface area (Å²) in [5.74, 6) is 0. The van der Waals surface area contributed by atoms with Crippen LogP contribution in [0.1, 0.15) is 1.43 Å². The summed E-state index contributed by atoms with van der Waals surface area (Å²) in [5, 5.41) is 0. The van der Waals surface area contributed by atoms with Crippen molar-refractivity contribution in [2.75, 3.05) is 0 Å². The molecule has 0 unspecified atom stereocenters. The number of rotatable bonds is 0. The van der Waals surface area contributed by atoms with Crippen LogP contribution in [0.25, 0.3) is 0 Å². The van der Waals surface area contributed by atoms with Gasteiger partial charge in [0.15, 0.2) is 0 Å². The van der Waals surface area contributed by atoms with Crippen molar-refractivity contribution in [3.05, 3.63) is 0 Å². The molecule has 0 N–H and O–H groups in total. The second kappa shape index (κ2) is 16.5. The fourth-order valence-corrected chi connectivity index (χ4v) is 0. The molecule has 0 bridgehead atoms. The Kier molecular flexibility index (Phi) is 51.9. The predicted octanol–water partition coefficient (Wildman–Crippen LogP) is -3.12. The molecule has 0 aliphatic heterocycles. The van der Waals surface area contributed by atoms with Gasteiger partial charge in [0.2, 0.25) is 0 Å². The van der Waals surface area contributed by atoms with Gasteiger partial charge in [-0.3, -0.25) is 0 Å². The topological polar surface area (TPSA) is 34.1 Å². The molecule has 0 aliphatic rings. The van der Waals surface area contributed by atoms with Crippen LogP contribution in [-0.4, -0.2) is 0 Å². The van der Waals surface area contributed by atoms with Gasteiger partial charge < -0.3 is 1.43 Å². The molecule has 0 spiro atoms. The monoisotopic (exact) mass is 227 g/mol. The van der Waals surface area contributed by atoms with Gasteiger partial charge in [-0.2, -0.15) is 0 Å². The first-order valence-electron chi connectivity index (χ1n) is 0.408. The van der Waals surface area contributed by atoms with Crippen molar-refractivity contribution in [2.45, 2.75) is 0 Å². The van der Waals surface area contributed by atoms with Crippen molar-refractivity contribution in [2.24, 2.45) is 0 Å². The third-order valence-corrected chi connectivity index (χ3v) is 0. The summed E-state index contributed by atoms with van der Waals surface area (Å²) in [4.78, 5) is 0. The van der Waals surface area contributed by atoms with E-state index < -0.39 is 19.1 Å². The normalized spacial score (nSPS) is 1.60. The Morgan fingerprint density at radius 3 is 1.40 bits per heavy atom. The van der Waals surface area contributed by atoms with Crippen LogP contribution in [0.3, 0.4) is 0 Å². The molecule has 0 fully saturated rings. The van der Waals surface area contributed by atoms with E-state index in [1.165, 1.54) is 0 Å². The van der Waals surface area contributed by atoms with Crippen molar-refractivity contribution in [1.29, 1.82) is 0 Å². The van der Waals surface area contributed by atoms with Gasteiger partial charge in [-0.1, -0.05) is 0 Å². The summed E-state index contributed by atoms with van der Waals surface area (Å²) >= 11 is -2.00. The quantitative estimate of drug-likeness (QED) is 0.410. The molecule has 5 heavy (non-hydrogen) atoms. The molecule has 1 radical (unpaired) electrons. The van der Waals surface area contributed by atoms with Crippen LogP contribution in [0.15, 0.2) is 0 Å². The molecular formula is HLaLiO2Ti. The molecular weight excluding hydrogens is 226 g/mol. The first-order chi connectivity index (χ1) is 1.41. The van der Waals surface area contributed by atoms with Crippen molar-refractivity contribution in [3.8, 4) is 0 Å². The molecule has 0 heterocycles. The molecule has 0 atom stereocenters. The fraction of sp³-hybridized carbons (Fsp3) is 0. The van der Waals surface area contributed by atoms with Crippen LogP contribution in [0.2, 0.25) is 0 Å². The maximum absolute atomic E-state index is 8.50. The Balaban J connectivity index is -0.00000000667. The summed E-state index contributed by atoms with van der Waals surface area (Å²) < 4.78 is 17.0. The van der Waals surface area contributed by atoms with Gasteiger partial charge in [-0.25, -0.2) is 0 Å². The van der Waals surface area contributed by atoms with E-state index in [1.807, 2.05) is 0 Å². The molecule has 2 nitrogen and oxygen atoms in total. The van der Waals surface area contributed by atoms with Crippen LogP contribution in [0.5, 0.6) is 0 Å². The minimum atomic E-state index is -2.00. The Morgan fingerprint density at radius 1 is 1.40 bits per heavy atom. The molecule has 0 aromatic rings. The van der Waals surface area contributed by atoms with Gasteiger partial charge in [0.25, 0.3) is 0 Å². The summed E-state index contributed by atoms with van der Waals surface area (Å²) in [6.07, 6.45) is 0. The van der Waals surface area contributed by atoms with Crippen LogP contribution in [0.4, 0.5) is 0 Å². The SMILES string of the molecule is [H-].[La].[Li+].[O]=[Ti]=[O]. The van der Waals surface area contributed by atoms with Gasteiger partial charge in [-0.15, -0.1) is 0 Å². The summed E-state index contributed by atoms with van der Waals surface area (Å²) in [6, 6.07) is 0. The standard InChI is InChI=1S/La.Li.2O.Ti.H/q;+1;;;;-1. The Hall–Kier alpha value is 2.11. The Morgan fingerprint density at radius 2 is 1.40 bits per heavy atom. The zero-order valence-corrected chi connectivity index (χ0v) is 8.08. The van der Waals surface area contributed by atoms with Crippen molar-refractivity contribution in [1.82, 2.24) is 0 Å². The third-order valence-electron chi connectivity index (χ3n) is 0. The van der Waals surface area contributed by atoms with Crippen LogP contribution in [0, 0.1) is 35.6 Å². The molecule has 0 aromatic heterocycles. The third kappa shape index (κ3) is 23.2. The van der Waals surface area contributed by atoms with Crippen LogP contribution < -0.4 is 18.9 Å². The van der Waals surface area contributed by atoms with Gasteiger partial charge in [0.1, 0.15) is 0 Å². The van der Waals surface area contributed by atoms with E-state index in [1.54, 1.807) is 0 Å². The second-order valence-electron chi connectivity index (χ2n) is 0.0833. The van der Waals surface area contributed by atoms with Gasteiger partial charge in [-0.05, 0) is 0 Å². The molecule has 5 heteroatoms. The maximum atomic E-state index is 8.50. The molecule has 0 aromatic carbocycles. The number of hydrogen-bond acceptors (Lipinski definition) is 2. The van der Waals surface area contributed by atoms with Crippen LogP contribution >= 0.6 is 0 Å². The van der Waals surface area contributed by atoms with E-state index in [2.05, 4.69) is 0 Å². The Bertz CT molecular complexity index is 34.5. The molecule has 21 valence electrons. The zero-order valence-electron chi connectivity index (χ0n) is 3.89. The van der Waals surface area contributed by atoms with E-state index >= 15 is 0 Å². The molecule has 0 aliphatic carbocycles. The average Bonchev–Trinajstić information content (AvgIpc) is 0.918. The zero-order chi connectivity index (χ0) is 2.71. The van der Waals surface area contributed by atoms with E-state index in [0.717, 1.165) is 0 Å². The Labute approximate surface area is 80.3 Å². The van der Waals surface area contributed by atoms with Crippen LogP contribution in [-0.2, 0) is 25.7 Å². The van der Waals surface area contributed by atoms with E-state index in [9.17, 15) is 0 Å². The molecule has 0 saturated carbocycles. The number of hydrogen-bond donors (Lipinski definition) is 0. The van der Waals surface area contributed by atoms with Crippen molar-refractivity contribution < 1.29 is 81.6 Å². The first kappa shape index (κ1) is 15.7. The van der Waals surface area contributed by atoms with Crippen molar-refractivity contribution in [3.63, 3.8) is 0 Å². The van der Waals surface area contributed by atoms with E-state index in [-0.39, 0.29) is 55.9 Å². The summed E-state index contributed by atoms with van der Waals surface area (Å²) in [5.41, 5.74) is 0. The second-order valence-corrected chi connectivity index (χ2v) is 0.344. The first-order valence-corrected chi connectivity index (χ1v) is 1.68. The van der Waals surface area contributed by atoms with Gasteiger partial charge in [0, 0.05) is 35.6 Å². The minimum absolute atomic E-state index is 0. The summed E-state index contributed by atoms with van der Waals surface area (Å²) in [6.45, 7) is 0. The van der Waals surface area contributed by atoms with Crippen molar-refractivity contribution >= 4 is 0 Å².